The Bertz CT molecular complexity index is 906. The molecule has 0 aliphatic carbocycles. The van der Waals surface area contributed by atoms with Gasteiger partial charge < -0.3 is 4.74 Å². The molecule has 1 aromatic carbocycles. The number of unbranched alkanes of at least 4 members (excludes halogenated alkanes) is 2. The summed E-state index contributed by atoms with van der Waals surface area (Å²) in [7, 11) is -3.47. The van der Waals surface area contributed by atoms with Crippen molar-refractivity contribution < 1.29 is 22.1 Å². The minimum Gasteiger partial charge on any atom is -0.466 e. The van der Waals surface area contributed by atoms with Crippen molar-refractivity contribution in [2.75, 3.05) is 12.9 Å². The van der Waals surface area contributed by atoms with E-state index in [0.29, 0.717) is 13.0 Å². The summed E-state index contributed by atoms with van der Waals surface area (Å²) >= 11 is 0. The smallest absolute Gasteiger partial charge is 0.305 e. The number of ether oxygens (including phenoxy) is 1. The van der Waals surface area contributed by atoms with E-state index in [4.69, 9.17) is 8.92 Å². The van der Waals surface area contributed by atoms with Crippen LogP contribution in [0.1, 0.15) is 49.3 Å². The average Bonchev–Trinajstić information content (AvgIpc) is 2.70. The molecule has 0 saturated heterocycles. The van der Waals surface area contributed by atoms with Gasteiger partial charge in [-0.1, -0.05) is 36.4 Å². The van der Waals surface area contributed by atoms with Crippen LogP contribution in [0.2, 0.25) is 0 Å². The lowest BCUT2D eigenvalue weighted by molar-refractivity contribution is -0.143. The lowest BCUT2D eigenvalue weighted by Gasteiger charge is -2.10. The summed E-state index contributed by atoms with van der Waals surface area (Å²) in [6, 6.07) is 11.5. The van der Waals surface area contributed by atoms with Crippen LogP contribution in [0.15, 0.2) is 54.9 Å². The third-order valence-corrected chi connectivity index (χ3v) is 4.71. The molecule has 1 aromatic heterocycles. The van der Waals surface area contributed by atoms with Gasteiger partial charge in [-0.15, -0.1) is 0 Å². The molecule has 2 aromatic rings. The number of aromatic nitrogens is 1. The van der Waals surface area contributed by atoms with E-state index < -0.39 is 10.1 Å². The summed E-state index contributed by atoms with van der Waals surface area (Å²) in [5.74, 6) is -0.157. The molecule has 0 fully saturated rings. The Balaban J connectivity index is 2.07. The normalized spacial score (nSPS) is 12.0. The molecule has 0 bridgehead atoms. The Morgan fingerprint density at radius 2 is 1.86 bits per heavy atom. The molecule has 2 rings (SSSR count). The van der Waals surface area contributed by atoms with Gasteiger partial charge in [-0.2, -0.15) is 8.42 Å². The van der Waals surface area contributed by atoms with Crippen molar-refractivity contribution in [3.05, 3.63) is 71.6 Å². The Morgan fingerprint density at radius 1 is 1.10 bits per heavy atom. The zero-order valence-electron chi connectivity index (χ0n) is 16.8. The number of carbonyl (C=O) groups excluding carboxylic acids is 1. The van der Waals surface area contributed by atoms with Crippen LogP contribution in [0, 0.1) is 0 Å². The molecular weight excluding hydrogens is 390 g/mol. The molecule has 7 heteroatoms. The lowest BCUT2D eigenvalue weighted by Crippen LogP contribution is -2.03. The number of nitrogens with zero attached hydrogens (tertiary/aromatic N) is 1. The zero-order chi connectivity index (χ0) is 21.1. The third kappa shape index (κ3) is 8.58. The topological polar surface area (TPSA) is 82.6 Å². The third-order valence-electron chi connectivity index (χ3n) is 4.17. The van der Waals surface area contributed by atoms with E-state index in [1.807, 2.05) is 42.6 Å². The summed E-state index contributed by atoms with van der Waals surface area (Å²) in [6.07, 6.45) is 9.62. The van der Waals surface area contributed by atoms with Gasteiger partial charge in [-0.05, 0) is 49.0 Å². The first-order chi connectivity index (χ1) is 13.9. The first-order valence-corrected chi connectivity index (χ1v) is 11.4. The maximum atomic E-state index is 11.4. The van der Waals surface area contributed by atoms with E-state index in [0.717, 1.165) is 47.8 Å². The van der Waals surface area contributed by atoms with Crippen molar-refractivity contribution in [1.82, 2.24) is 4.98 Å². The van der Waals surface area contributed by atoms with Crippen LogP contribution < -0.4 is 0 Å². The van der Waals surface area contributed by atoms with Gasteiger partial charge in [0, 0.05) is 24.4 Å². The largest absolute Gasteiger partial charge is 0.466 e. The van der Waals surface area contributed by atoms with Crippen LogP contribution in [0.3, 0.4) is 0 Å². The first-order valence-electron chi connectivity index (χ1n) is 9.59. The van der Waals surface area contributed by atoms with Gasteiger partial charge in [0.25, 0.3) is 10.1 Å². The summed E-state index contributed by atoms with van der Waals surface area (Å²) in [5, 5.41) is 0. The number of allylic oxidation sites excluding steroid dienone is 1. The van der Waals surface area contributed by atoms with E-state index >= 15 is 0 Å². The second-order valence-corrected chi connectivity index (χ2v) is 8.22. The zero-order valence-corrected chi connectivity index (χ0v) is 17.7. The van der Waals surface area contributed by atoms with E-state index in [-0.39, 0.29) is 12.6 Å². The second kappa shape index (κ2) is 11.5. The highest BCUT2D eigenvalue weighted by molar-refractivity contribution is 7.85. The van der Waals surface area contributed by atoms with Crippen molar-refractivity contribution in [2.45, 2.75) is 39.2 Å². The first kappa shape index (κ1) is 22.8. The quantitative estimate of drug-likeness (QED) is 0.311. The van der Waals surface area contributed by atoms with Gasteiger partial charge in [0.15, 0.2) is 0 Å². The van der Waals surface area contributed by atoms with Gasteiger partial charge in [0.05, 0.1) is 19.5 Å². The van der Waals surface area contributed by atoms with Gasteiger partial charge in [-0.3, -0.25) is 14.0 Å². The fraction of sp³-hybridized carbons (Fsp3) is 0.364. The number of pyridine rings is 1. The van der Waals surface area contributed by atoms with Crippen LogP contribution >= 0.6 is 0 Å². The maximum absolute atomic E-state index is 11.4. The summed E-state index contributed by atoms with van der Waals surface area (Å²) in [6.45, 7) is 2.23. The molecule has 0 saturated carbocycles. The van der Waals surface area contributed by atoms with E-state index in [1.165, 1.54) is 0 Å². The maximum Gasteiger partial charge on any atom is 0.305 e. The number of hydrogen-bond donors (Lipinski definition) is 0. The molecule has 0 radical (unpaired) electrons. The molecule has 0 amide bonds. The number of rotatable bonds is 11. The second-order valence-electron chi connectivity index (χ2n) is 6.57. The van der Waals surface area contributed by atoms with Crippen molar-refractivity contribution >= 4 is 21.7 Å². The van der Waals surface area contributed by atoms with Gasteiger partial charge in [-0.25, -0.2) is 0 Å². The highest BCUT2D eigenvalue weighted by Gasteiger charge is 2.07. The molecule has 6 nitrogen and oxygen atoms in total. The van der Waals surface area contributed by atoms with Crippen molar-refractivity contribution in [1.29, 1.82) is 0 Å². The van der Waals surface area contributed by atoms with Crippen LogP contribution in [0.25, 0.3) is 5.57 Å². The number of carbonyl (C=O) groups is 1. The Hall–Kier alpha value is -2.51. The predicted molar refractivity (Wildman–Crippen MR) is 112 cm³/mol. The molecule has 0 unspecified atom stereocenters. The molecule has 0 atom stereocenters. The summed E-state index contributed by atoms with van der Waals surface area (Å²) in [4.78, 5) is 15.6. The van der Waals surface area contributed by atoms with Gasteiger partial charge >= 0.3 is 5.97 Å². The number of esters is 1. The predicted octanol–water partition coefficient (Wildman–Crippen LogP) is 4.11. The molecule has 29 heavy (non-hydrogen) atoms. The molecular formula is C22H27NO5S. The Morgan fingerprint density at radius 3 is 2.48 bits per heavy atom. The molecule has 1 heterocycles. The molecule has 0 aliphatic heterocycles. The van der Waals surface area contributed by atoms with E-state index in [9.17, 15) is 13.2 Å². The summed E-state index contributed by atoms with van der Waals surface area (Å²) in [5.41, 5.74) is 3.83. The average molecular weight is 418 g/mol. The Labute approximate surface area is 172 Å². The SMILES string of the molecule is CCOC(=O)CCCC/C=C(\c1ccc(COS(C)(=O)=O)cc1)c1cccnc1. The van der Waals surface area contributed by atoms with Crippen LogP contribution in [-0.2, 0) is 30.4 Å². The van der Waals surface area contributed by atoms with Gasteiger partial charge in [0.1, 0.15) is 0 Å². The molecule has 156 valence electrons. The highest BCUT2D eigenvalue weighted by Crippen LogP contribution is 2.24. The highest BCUT2D eigenvalue weighted by atomic mass is 32.2. The van der Waals surface area contributed by atoms with Crippen molar-refractivity contribution in [2.24, 2.45) is 0 Å². The fourth-order valence-corrected chi connectivity index (χ4v) is 3.12. The minimum absolute atomic E-state index is 0.0128. The van der Waals surface area contributed by atoms with Crippen molar-refractivity contribution in [3.8, 4) is 0 Å². The lowest BCUT2D eigenvalue weighted by atomic mass is 9.96. The number of benzene rings is 1. The minimum atomic E-state index is -3.47. The van der Waals surface area contributed by atoms with Crippen LogP contribution in [-0.4, -0.2) is 32.2 Å². The summed E-state index contributed by atoms with van der Waals surface area (Å²) < 4.78 is 32.1. The molecule has 0 aliphatic rings. The van der Waals surface area contributed by atoms with Crippen LogP contribution in [0.4, 0.5) is 0 Å². The monoisotopic (exact) mass is 417 g/mol. The van der Waals surface area contributed by atoms with Crippen molar-refractivity contribution in [3.63, 3.8) is 0 Å². The van der Waals surface area contributed by atoms with Gasteiger partial charge in [0.2, 0.25) is 0 Å². The Kier molecular flexibility index (Phi) is 9.02. The van der Waals surface area contributed by atoms with Crippen LogP contribution in [0.5, 0.6) is 0 Å². The van der Waals surface area contributed by atoms with E-state index in [1.54, 1.807) is 13.1 Å². The molecule has 0 N–H and O–H groups in total. The number of hydrogen-bond acceptors (Lipinski definition) is 6. The van der Waals surface area contributed by atoms with E-state index in [2.05, 4.69) is 11.1 Å². The fourth-order valence-electron chi connectivity index (χ4n) is 2.77. The standard InChI is InChI=1S/C22H27NO5S/c1-3-27-22(24)10-6-4-5-9-21(20-8-7-15-23-16-20)19-13-11-18(12-14-19)17-28-29(2,25)26/h7-9,11-16H,3-6,10,17H2,1-2H3/b21-9+. The molecule has 0 spiro atoms.